The van der Waals surface area contributed by atoms with Gasteiger partial charge < -0.3 is 4.74 Å². The number of hydrogen-bond donors (Lipinski definition) is 0. The summed E-state index contributed by atoms with van der Waals surface area (Å²) in [5, 5.41) is 0. The third kappa shape index (κ3) is 5.21. The van der Waals surface area contributed by atoms with Crippen molar-refractivity contribution < 1.29 is 14.3 Å². The zero-order valence-electron chi connectivity index (χ0n) is 19.2. The molecule has 3 aromatic rings. The highest BCUT2D eigenvalue weighted by Gasteiger charge is 2.36. The first-order valence-electron chi connectivity index (χ1n) is 11.4. The van der Waals surface area contributed by atoms with Crippen LogP contribution in [-0.2, 0) is 20.7 Å². The van der Waals surface area contributed by atoms with Crippen molar-refractivity contribution >= 4 is 17.5 Å². The molecule has 0 aliphatic carbocycles. The van der Waals surface area contributed by atoms with Crippen LogP contribution in [0.5, 0.6) is 0 Å². The van der Waals surface area contributed by atoms with Crippen LogP contribution in [0.15, 0.2) is 78.9 Å². The number of amides is 2. The van der Waals surface area contributed by atoms with E-state index in [9.17, 15) is 9.59 Å². The molecule has 2 amide bonds. The Labute approximate surface area is 195 Å². The number of imide groups is 1. The number of carbonyl (C=O) groups excluding carboxylic acids is 2. The Balaban J connectivity index is 1.78. The first kappa shape index (κ1) is 22.9. The molecule has 170 valence electrons. The van der Waals surface area contributed by atoms with Gasteiger partial charge in [0.05, 0.1) is 25.3 Å². The minimum atomic E-state index is -0.561. The molecule has 1 aliphatic heterocycles. The summed E-state index contributed by atoms with van der Waals surface area (Å²) >= 11 is 0. The minimum Gasteiger partial charge on any atom is -0.379 e. The Morgan fingerprint density at radius 2 is 1.42 bits per heavy atom. The number of morpholine rings is 1. The molecule has 1 saturated heterocycles. The molecule has 33 heavy (non-hydrogen) atoms. The number of rotatable bonds is 6. The second-order valence-electron chi connectivity index (χ2n) is 8.43. The predicted molar refractivity (Wildman–Crippen MR) is 130 cm³/mol. The van der Waals surface area contributed by atoms with Crippen molar-refractivity contribution in [1.29, 1.82) is 0 Å². The molecular formula is C28H30N2O3. The summed E-state index contributed by atoms with van der Waals surface area (Å²) in [6.07, 6.45) is 0.158. The maximum Gasteiger partial charge on any atom is 0.255 e. The van der Waals surface area contributed by atoms with E-state index in [1.807, 2.05) is 92.7 Å². The largest absolute Gasteiger partial charge is 0.379 e. The van der Waals surface area contributed by atoms with E-state index in [2.05, 4.69) is 4.90 Å². The van der Waals surface area contributed by atoms with Gasteiger partial charge >= 0.3 is 0 Å². The van der Waals surface area contributed by atoms with E-state index in [1.54, 1.807) is 0 Å². The summed E-state index contributed by atoms with van der Waals surface area (Å²) in [5.41, 5.74) is 4.25. The van der Waals surface area contributed by atoms with Gasteiger partial charge in [-0.2, -0.15) is 0 Å². The van der Waals surface area contributed by atoms with Crippen LogP contribution in [0.1, 0.15) is 28.3 Å². The highest BCUT2D eigenvalue weighted by molar-refractivity contribution is 6.18. The van der Waals surface area contributed by atoms with Gasteiger partial charge in [-0.25, -0.2) is 4.90 Å². The number of nitrogens with zero attached hydrogens (tertiary/aromatic N) is 2. The molecule has 0 spiro atoms. The quantitative estimate of drug-likeness (QED) is 0.565. The van der Waals surface area contributed by atoms with Gasteiger partial charge in [-0.05, 0) is 36.1 Å². The fraction of sp³-hybridized carbons (Fsp3) is 0.286. The van der Waals surface area contributed by atoms with Gasteiger partial charge in [0.15, 0.2) is 0 Å². The molecule has 1 aliphatic rings. The lowest BCUT2D eigenvalue weighted by molar-refractivity contribution is -0.131. The van der Waals surface area contributed by atoms with Crippen LogP contribution >= 0.6 is 0 Å². The lowest BCUT2D eigenvalue weighted by Gasteiger charge is -2.37. The SMILES string of the molecule is Cc1cccc(C)c1N(C(=O)Cc1ccccc1)C(=O)C(c1ccccc1)N1CCOCC1. The fourth-order valence-corrected chi connectivity index (χ4v) is 4.47. The van der Waals surface area contributed by atoms with Gasteiger partial charge in [0.25, 0.3) is 5.91 Å². The number of aryl methyl sites for hydroxylation is 2. The van der Waals surface area contributed by atoms with E-state index in [-0.39, 0.29) is 18.2 Å². The van der Waals surface area contributed by atoms with Gasteiger partial charge in [0, 0.05) is 13.1 Å². The van der Waals surface area contributed by atoms with Gasteiger partial charge in [0.1, 0.15) is 6.04 Å². The van der Waals surface area contributed by atoms with Crippen LogP contribution in [0.25, 0.3) is 0 Å². The predicted octanol–water partition coefficient (Wildman–Crippen LogP) is 4.48. The summed E-state index contributed by atoms with van der Waals surface area (Å²) in [5.74, 6) is -0.445. The summed E-state index contributed by atoms with van der Waals surface area (Å²) in [6.45, 7) is 6.31. The smallest absolute Gasteiger partial charge is 0.255 e. The molecule has 0 N–H and O–H groups in total. The number of carbonyl (C=O) groups is 2. The molecule has 1 unspecified atom stereocenters. The van der Waals surface area contributed by atoms with Crippen LogP contribution in [-0.4, -0.2) is 43.0 Å². The van der Waals surface area contributed by atoms with Crippen molar-refractivity contribution in [1.82, 2.24) is 4.90 Å². The zero-order valence-corrected chi connectivity index (χ0v) is 19.2. The summed E-state index contributed by atoms with van der Waals surface area (Å²) in [7, 11) is 0. The number of para-hydroxylation sites is 1. The lowest BCUT2D eigenvalue weighted by Crippen LogP contribution is -2.49. The van der Waals surface area contributed by atoms with Gasteiger partial charge in [0.2, 0.25) is 5.91 Å². The second kappa shape index (κ2) is 10.6. The van der Waals surface area contributed by atoms with Crippen LogP contribution in [0, 0.1) is 13.8 Å². The van der Waals surface area contributed by atoms with Crippen molar-refractivity contribution in [3.63, 3.8) is 0 Å². The molecule has 0 aromatic heterocycles. The maximum absolute atomic E-state index is 14.3. The van der Waals surface area contributed by atoms with Gasteiger partial charge in [-0.15, -0.1) is 0 Å². The summed E-state index contributed by atoms with van der Waals surface area (Å²) < 4.78 is 5.54. The molecule has 5 nitrogen and oxygen atoms in total. The van der Waals surface area contributed by atoms with E-state index in [0.29, 0.717) is 32.0 Å². The van der Waals surface area contributed by atoms with Gasteiger partial charge in [-0.3, -0.25) is 14.5 Å². The van der Waals surface area contributed by atoms with Crippen LogP contribution in [0.4, 0.5) is 5.69 Å². The summed E-state index contributed by atoms with van der Waals surface area (Å²) in [4.78, 5) is 31.6. The Bertz CT molecular complexity index is 1070. The molecule has 1 heterocycles. The van der Waals surface area contributed by atoms with E-state index in [1.165, 1.54) is 4.90 Å². The van der Waals surface area contributed by atoms with Crippen molar-refractivity contribution in [2.45, 2.75) is 26.3 Å². The monoisotopic (exact) mass is 442 g/mol. The number of anilines is 1. The topological polar surface area (TPSA) is 49.9 Å². The Morgan fingerprint density at radius 1 is 0.848 bits per heavy atom. The standard InChI is InChI=1S/C28H30N2O3/c1-21-10-9-11-22(2)26(21)30(25(31)20-23-12-5-3-6-13-23)28(32)27(24-14-7-4-8-15-24)29-16-18-33-19-17-29/h3-15,27H,16-20H2,1-2H3. The number of hydrogen-bond acceptors (Lipinski definition) is 4. The van der Waals surface area contributed by atoms with Crippen molar-refractivity contribution in [3.8, 4) is 0 Å². The Hall–Kier alpha value is -3.28. The van der Waals surface area contributed by atoms with Crippen molar-refractivity contribution in [2.75, 3.05) is 31.2 Å². The Morgan fingerprint density at radius 3 is 2.03 bits per heavy atom. The lowest BCUT2D eigenvalue weighted by atomic mass is 10.00. The average Bonchev–Trinajstić information content (AvgIpc) is 2.83. The minimum absolute atomic E-state index is 0.158. The molecule has 5 heteroatoms. The molecule has 0 bridgehead atoms. The molecule has 3 aromatic carbocycles. The van der Waals surface area contributed by atoms with Crippen molar-refractivity contribution in [3.05, 3.63) is 101 Å². The molecular weight excluding hydrogens is 412 g/mol. The van der Waals surface area contributed by atoms with E-state index >= 15 is 0 Å². The number of ether oxygens (including phenoxy) is 1. The normalized spacial score (nSPS) is 15.1. The summed E-state index contributed by atoms with van der Waals surface area (Å²) in [6, 6.07) is 24.6. The zero-order chi connectivity index (χ0) is 23.2. The Kier molecular flexibility index (Phi) is 7.33. The van der Waals surface area contributed by atoms with Crippen LogP contribution in [0.2, 0.25) is 0 Å². The van der Waals surface area contributed by atoms with E-state index < -0.39 is 6.04 Å². The molecule has 0 saturated carbocycles. The van der Waals surface area contributed by atoms with Crippen LogP contribution < -0.4 is 4.90 Å². The molecule has 1 atom stereocenters. The fourth-order valence-electron chi connectivity index (χ4n) is 4.47. The third-order valence-corrected chi connectivity index (χ3v) is 6.09. The van der Waals surface area contributed by atoms with Crippen molar-refractivity contribution in [2.24, 2.45) is 0 Å². The maximum atomic E-state index is 14.3. The highest BCUT2D eigenvalue weighted by atomic mass is 16.5. The third-order valence-electron chi connectivity index (χ3n) is 6.09. The number of benzene rings is 3. The molecule has 1 fully saturated rings. The first-order valence-corrected chi connectivity index (χ1v) is 11.4. The van der Waals surface area contributed by atoms with Crippen LogP contribution in [0.3, 0.4) is 0 Å². The second-order valence-corrected chi connectivity index (χ2v) is 8.43. The molecule has 4 rings (SSSR count). The first-order chi connectivity index (χ1) is 16.1. The van der Waals surface area contributed by atoms with E-state index in [4.69, 9.17) is 4.74 Å². The average molecular weight is 443 g/mol. The van der Waals surface area contributed by atoms with E-state index in [0.717, 1.165) is 22.3 Å². The molecule has 0 radical (unpaired) electrons. The highest BCUT2D eigenvalue weighted by Crippen LogP contribution is 2.31. The van der Waals surface area contributed by atoms with Gasteiger partial charge in [-0.1, -0.05) is 78.9 Å².